The van der Waals surface area contributed by atoms with Gasteiger partial charge in [0.25, 0.3) is 0 Å². The van der Waals surface area contributed by atoms with Gasteiger partial charge in [-0.05, 0) is 55.5 Å². The zero-order chi connectivity index (χ0) is 15.5. The fourth-order valence-corrected chi connectivity index (χ4v) is 3.33. The van der Waals surface area contributed by atoms with Gasteiger partial charge in [0.15, 0.2) is 0 Å². The van der Waals surface area contributed by atoms with Gasteiger partial charge in [0, 0.05) is 12.6 Å². The van der Waals surface area contributed by atoms with Crippen LogP contribution in [0.5, 0.6) is 5.75 Å². The van der Waals surface area contributed by atoms with Crippen molar-refractivity contribution in [3.05, 3.63) is 29.3 Å². The van der Waals surface area contributed by atoms with E-state index in [4.69, 9.17) is 10.5 Å². The first-order chi connectivity index (χ1) is 10.0. The SMILES string of the molecule is CCC1(C)CCN(C(CN)c2ccc(OC)c(C)c2)CC1. The number of likely N-dealkylation sites (tertiary alicyclic amines) is 1. The molecule has 0 spiro atoms. The largest absolute Gasteiger partial charge is 0.496 e. The quantitative estimate of drug-likeness (QED) is 0.902. The molecular formula is C18H30N2O. The molecule has 1 saturated heterocycles. The molecule has 1 atom stereocenters. The summed E-state index contributed by atoms with van der Waals surface area (Å²) in [5.74, 6) is 0.951. The van der Waals surface area contributed by atoms with E-state index in [1.807, 2.05) is 0 Å². The maximum Gasteiger partial charge on any atom is 0.121 e. The fraction of sp³-hybridized carbons (Fsp3) is 0.667. The molecule has 3 nitrogen and oxygen atoms in total. The Morgan fingerprint density at radius 3 is 2.48 bits per heavy atom. The molecule has 0 bridgehead atoms. The van der Waals surface area contributed by atoms with Crippen LogP contribution in [0.25, 0.3) is 0 Å². The lowest BCUT2D eigenvalue weighted by Crippen LogP contribution is -2.42. The molecular weight excluding hydrogens is 260 g/mol. The molecule has 2 N–H and O–H groups in total. The van der Waals surface area contributed by atoms with E-state index in [2.05, 4.69) is 43.9 Å². The predicted octanol–water partition coefficient (Wildman–Crippen LogP) is 3.52. The molecule has 1 aliphatic heterocycles. The van der Waals surface area contributed by atoms with E-state index < -0.39 is 0 Å². The Hall–Kier alpha value is -1.06. The van der Waals surface area contributed by atoms with Crippen molar-refractivity contribution in [2.24, 2.45) is 11.1 Å². The molecule has 1 aliphatic rings. The number of methoxy groups -OCH3 is 1. The van der Waals surface area contributed by atoms with Gasteiger partial charge in [0.05, 0.1) is 7.11 Å². The molecule has 1 aromatic carbocycles. The highest BCUT2D eigenvalue weighted by molar-refractivity contribution is 5.37. The number of hydrogen-bond donors (Lipinski definition) is 1. The Labute approximate surface area is 129 Å². The Bertz CT molecular complexity index is 464. The zero-order valence-corrected chi connectivity index (χ0v) is 14.0. The van der Waals surface area contributed by atoms with E-state index in [1.165, 1.54) is 30.4 Å². The average molecular weight is 290 g/mol. The lowest BCUT2D eigenvalue weighted by atomic mass is 9.77. The Morgan fingerprint density at radius 2 is 2.00 bits per heavy atom. The van der Waals surface area contributed by atoms with Crippen molar-refractivity contribution in [1.29, 1.82) is 0 Å². The molecule has 1 unspecified atom stereocenters. The number of piperidine rings is 1. The third-order valence-corrected chi connectivity index (χ3v) is 5.33. The van der Waals surface area contributed by atoms with Crippen LogP contribution in [0.2, 0.25) is 0 Å². The second-order valence-electron chi connectivity index (χ2n) is 6.68. The topological polar surface area (TPSA) is 38.5 Å². The van der Waals surface area contributed by atoms with Crippen molar-refractivity contribution in [1.82, 2.24) is 4.90 Å². The van der Waals surface area contributed by atoms with Crippen LogP contribution in [0.3, 0.4) is 0 Å². The van der Waals surface area contributed by atoms with Gasteiger partial charge in [0.2, 0.25) is 0 Å². The van der Waals surface area contributed by atoms with Crippen molar-refractivity contribution in [3.63, 3.8) is 0 Å². The minimum Gasteiger partial charge on any atom is -0.496 e. The zero-order valence-electron chi connectivity index (χ0n) is 14.0. The maximum absolute atomic E-state index is 6.08. The third kappa shape index (κ3) is 3.58. The first kappa shape index (κ1) is 16.3. The second kappa shape index (κ2) is 6.80. The molecule has 0 aliphatic carbocycles. The second-order valence-corrected chi connectivity index (χ2v) is 6.68. The summed E-state index contributed by atoms with van der Waals surface area (Å²) >= 11 is 0. The van der Waals surface area contributed by atoms with Gasteiger partial charge in [0.1, 0.15) is 5.75 Å². The van der Waals surface area contributed by atoms with E-state index in [9.17, 15) is 0 Å². The van der Waals surface area contributed by atoms with Gasteiger partial charge in [-0.2, -0.15) is 0 Å². The van der Waals surface area contributed by atoms with E-state index >= 15 is 0 Å². The van der Waals surface area contributed by atoms with Crippen LogP contribution in [0.4, 0.5) is 0 Å². The van der Waals surface area contributed by atoms with Crippen molar-refractivity contribution >= 4 is 0 Å². The number of hydrogen-bond acceptors (Lipinski definition) is 3. The first-order valence-corrected chi connectivity index (χ1v) is 8.11. The summed E-state index contributed by atoms with van der Waals surface area (Å²) in [5, 5.41) is 0. The van der Waals surface area contributed by atoms with Crippen molar-refractivity contribution in [2.75, 3.05) is 26.7 Å². The summed E-state index contributed by atoms with van der Waals surface area (Å²) < 4.78 is 5.36. The smallest absolute Gasteiger partial charge is 0.121 e. The van der Waals surface area contributed by atoms with Crippen LogP contribution in [0.15, 0.2) is 18.2 Å². The number of nitrogens with zero attached hydrogens (tertiary/aromatic N) is 1. The highest BCUT2D eigenvalue weighted by atomic mass is 16.5. The Kier molecular flexibility index (Phi) is 5.28. The molecule has 1 fully saturated rings. The Balaban J connectivity index is 2.12. The number of ether oxygens (including phenoxy) is 1. The van der Waals surface area contributed by atoms with Crippen LogP contribution in [0, 0.1) is 12.3 Å². The van der Waals surface area contributed by atoms with Crippen LogP contribution in [0.1, 0.15) is 50.3 Å². The van der Waals surface area contributed by atoms with E-state index in [1.54, 1.807) is 7.11 Å². The standard InChI is InChI=1S/C18H30N2O/c1-5-18(3)8-10-20(11-9-18)16(13-19)15-6-7-17(21-4)14(2)12-15/h6-7,12,16H,5,8-11,13,19H2,1-4H3. The minimum atomic E-state index is 0.330. The summed E-state index contributed by atoms with van der Waals surface area (Å²) in [7, 11) is 1.72. The average Bonchev–Trinajstić information content (AvgIpc) is 2.50. The molecule has 21 heavy (non-hydrogen) atoms. The van der Waals surface area contributed by atoms with Gasteiger partial charge >= 0.3 is 0 Å². The third-order valence-electron chi connectivity index (χ3n) is 5.33. The van der Waals surface area contributed by atoms with Gasteiger partial charge in [-0.15, -0.1) is 0 Å². The maximum atomic E-state index is 6.08. The molecule has 1 heterocycles. The summed E-state index contributed by atoms with van der Waals surface area (Å²) in [6.45, 7) is 9.80. The predicted molar refractivity (Wildman–Crippen MR) is 88.7 cm³/mol. The number of benzene rings is 1. The summed E-state index contributed by atoms with van der Waals surface area (Å²) in [5.41, 5.74) is 9.10. The fourth-order valence-electron chi connectivity index (χ4n) is 3.33. The van der Waals surface area contributed by atoms with Gasteiger partial charge < -0.3 is 10.5 Å². The summed E-state index contributed by atoms with van der Waals surface area (Å²) in [6, 6.07) is 6.78. The van der Waals surface area contributed by atoms with Crippen LogP contribution >= 0.6 is 0 Å². The van der Waals surface area contributed by atoms with Crippen LogP contribution in [-0.2, 0) is 0 Å². The molecule has 0 radical (unpaired) electrons. The van der Waals surface area contributed by atoms with Gasteiger partial charge in [-0.1, -0.05) is 32.4 Å². The monoisotopic (exact) mass is 290 g/mol. The van der Waals surface area contributed by atoms with Gasteiger partial charge in [-0.25, -0.2) is 0 Å². The van der Waals surface area contributed by atoms with E-state index in [-0.39, 0.29) is 0 Å². The molecule has 2 rings (SSSR count). The molecule has 1 aromatic rings. The van der Waals surface area contributed by atoms with Crippen LogP contribution in [-0.4, -0.2) is 31.6 Å². The lowest BCUT2D eigenvalue weighted by molar-refractivity contribution is 0.0828. The minimum absolute atomic E-state index is 0.330. The molecule has 3 heteroatoms. The van der Waals surface area contributed by atoms with Crippen molar-refractivity contribution in [3.8, 4) is 5.75 Å². The Morgan fingerprint density at radius 1 is 1.33 bits per heavy atom. The number of nitrogens with two attached hydrogens (primary N) is 1. The molecule has 0 amide bonds. The molecule has 0 saturated carbocycles. The highest BCUT2D eigenvalue weighted by Crippen LogP contribution is 2.37. The highest BCUT2D eigenvalue weighted by Gasteiger charge is 2.31. The van der Waals surface area contributed by atoms with Gasteiger partial charge in [-0.3, -0.25) is 4.90 Å². The normalized spacial score (nSPS) is 20.2. The molecule has 0 aromatic heterocycles. The lowest BCUT2D eigenvalue weighted by Gasteiger charge is -2.42. The number of rotatable bonds is 5. The first-order valence-electron chi connectivity index (χ1n) is 8.11. The van der Waals surface area contributed by atoms with Crippen molar-refractivity contribution in [2.45, 2.75) is 46.1 Å². The summed E-state index contributed by atoms with van der Waals surface area (Å²) in [4.78, 5) is 2.55. The summed E-state index contributed by atoms with van der Waals surface area (Å²) in [6.07, 6.45) is 3.82. The molecule has 118 valence electrons. The van der Waals surface area contributed by atoms with E-state index in [0.29, 0.717) is 18.0 Å². The van der Waals surface area contributed by atoms with Crippen LogP contribution < -0.4 is 10.5 Å². The van der Waals surface area contributed by atoms with E-state index in [0.717, 1.165) is 18.8 Å². The van der Waals surface area contributed by atoms with Crippen molar-refractivity contribution < 1.29 is 4.74 Å². The number of aryl methyl sites for hydroxylation is 1.